The molecule has 0 aliphatic carbocycles. The lowest BCUT2D eigenvalue weighted by Crippen LogP contribution is -1.99. The van der Waals surface area contributed by atoms with Gasteiger partial charge < -0.3 is 0 Å². The summed E-state index contributed by atoms with van der Waals surface area (Å²) >= 11 is 8.74. The van der Waals surface area contributed by atoms with Crippen LogP contribution in [0.4, 0.5) is 0 Å². The van der Waals surface area contributed by atoms with Gasteiger partial charge in [-0.3, -0.25) is 4.79 Å². The third kappa shape index (κ3) is 3.28. The van der Waals surface area contributed by atoms with Crippen molar-refractivity contribution in [2.45, 2.75) is 0 Å². The molecule has 1 aromatic rings. The summed E-state index contributed by atoms with van der Waals surface area (Å²) in [4.78, 5) is 11.2. The van der Waals surface area contributed by atoms with Gasteiger partial charge in [0.15, 0.2) is 5.78 Å². The van der Waals surface area contributed by atoms with E-state index in [-0.39, 0.29) is 11.7 Å². The molecule has 0 spiro atoms. The van der Waals surface area contributed by atoms with Gasteiger partial charge in [-0.1, -0.05) is 52.3 Å². The molecule has 0 aliphatic rings. The van der Waals surface area contributed by atoms with Crippen LogP contribution in [0.3, 0.4) is 0 Å². The van der Waals surface area contributed by atoms with Gasteiger partial charge in [0.05, 0.1) is 5.88 Å². The molecule has 0 fully saturated rings. The van der Waals surface area contributed by atoms with E-state index in [9.17, 15) is 4.79 Å². The van der Waals surface area contributed by atoms with E-state index in [4.69, 9.17) is 11.6 Å². The summed E-state index contributed by atoms with van der Waals surface area (Å²) in [5.74, 6) is -0.000898. The van der Waals surface area contributed by atoms with Gasteiger partial charge in [0.2, 0.25) is 0 Å². The summed E-state index contributed by atoms with van der Waals surface area (Å²) in [5.41, 5.74) is 1.74. The Morgan fingerprint density at radius 3 is 2.50 bits per heavy atom. The van der Waals surface area contributed by atoms with E-state index in [0.29, 0.717) is 5.56 Å². The van der Waals surface area contributed by atoms with Crippen LogP contribution < -0.4 is 0 Å². The van der Waals surface area contributed by atoms with Crippen molar-refractivity contribution >= 4 is 39.4 Å². The summed E-state index contributed by atoms with van der Waals surface area (Å²) < 4.78 is 0. The molecule has 1 rings (SSSR count). The normalized spacial score (nSPS) is 10.7. The molecule has 0 N–H and O–H groups in total. The molecule has 0 heterocycles. The Labute approximate surface area is 96.9 Å². The van der Waals surface area contributed by atoms with E-state index in [1.165, 1.54) is 0 Å². The summed E-state index contributed by atoms with van der Waals surface area (Å²) in [5, 5.41) is 0.829. The van der Waals surface area contributed by atoms with E-state index < -0.39 is 0 Å². The average Bonchev–Trinajstić information content (AvgIpc) is 2.26. The van der Waals surface area contributed by atoms with Crippen LogP contribution >= 0.6 is 27.5 Å². The average molecular weight is 274 g/mol. The maximum atomic E-state index is 11.2. The van der Waals surface area contributed by atoms with Crippen molar-refractivity contribution in [1.82, 2.24) is 0 Å². The predicted octanol–water partition coefficient (Wildman–Crippen LogP) is 3.52. The molecule has 74 valence electrons. The van der Waals surface area contributed by atoms with Crippen LogP contribution in [0, 0.1) is 0 Å². The van der Waals surface area contributed by atoms with Crippen molar-refractivity contribution in [3.8, 4) is 0 Å². The molecule has 0 aliphatic heterocycles. The molecule has 0 amide bonds. The number of halogens is 2. The fraction of sp³-hybridized carbons (Fsp3) is 0.182. The van der Waals surface area contributed by atoms with Gasteiger partial charge in [0, 0.05) is 10.9 Å². The molecule has 0 atom stereocenters. The van der Waals surface area contributed by atoms with Gasteiger partial charge in [-0.25, -0.2) is 0 Å². The lowest BCUT2D eigenvalue weighted by molar-refractivity contribution is 0.102. The van der Waals surface area contributed by atoms with Gasteiger partial charge in [-0.05, 0) is 5.56 Å². The highest BCUT2D eigenvalue weighted by Gasteiger charge is 2.01. The zero-order chi connectivity index (χ0) is 10.4. The predicted molar refractivity (Wildman–Crippen MR) is 64.3 cm³/mol. The molecule has 14 heavy (non-hydrogen) atoms. The van der Waals surface area contributed by atoms with Gasteiger partial charge in [0.25, 0.3) is 0 Å². The van der Waals surface area contributed by atoms with E-state index in [0.717, 1.165) is 10.9 Å². The summed E-state index contributed by atoms with van der Waals surface area (Å²) in [6.45, 7) is 0. The topological polar surface area (TPSA) is 17.1 Å². The molecule has 0 saturated heterocycles. The van der Waals surface area contributed by atoms with Crippen LogP contribution in [-0.2, 0) is 0 Å². The number of carbonyl (C=O) groups is 1. The van der Waals surface area contributed by atoms with E-state index in [1.807, 2.05) is 24.3 Å². The maximum absolute atomic E-state index is 11.2. The van der Waals surface area contributed by atoms with Crippen LogP contribution in [0.5, 0.6) is 0 Å². The smallest absolute Gasteiger partial charge is 0.177 e. The quantitative estimate of drug-likeness (QED) is 0.606. The van der Waals surface area contributed by atoms with Gasteiger partial charge in [-0.15, -0.1) is 11.6 Å². The fourth-order valence-corrected chi connectivity index (χ4v) is 1.38. The second-order valence-corrected chi connectivity index (χ2v) is 3.65. The van der Waals surface area contributed by atoms with Crippen LogP contribution in [0.1, 0.15) is 15.9 Å². The number of Topliss-reactive ketones (excluding diaryl/α,β-unsaturated/α-hetero) is 1. The Hall–Kier alpha value is -0.600. The first kappa shape index (κ1) is 11.5. The standard InChI is InChI=1S/C11H10BrClO/c12-7-1-2-9-3-5-10(6-4-9)11(14)8-13/h1-6H,7-8H2. The van der Waals surface area contributed by atoms with Crippen molar-refractivity contribution in [3.63, 3.8) is 0 Å². The van der Waals surface area contributed by atoms with Crippen molar-refractivity contribution in [1.29, 1.82) is 0 Å². The maximum Gasteiger partial charge on any atom is 0.177 e. The number of rotatable bonds is 4. The molecule has 0 aromatic heterocycles. The summed E-state index contributed by atoms with van der Waals surface area (Å²) in [6.07, 6.45) is 3.99. The number of benzene rings is 1. The zero-order valence-corrected chi connectivity index (χ0v) is 9.88. The Morgan fingerprint density at radius 2 is 2.00 bits per heavy atom. The molecular weight excluding hydrogens is 263 g/mol. The minimum Gasteiger partial charge on any atom is -0.293 e. The summed E-state index contributed by atoms with van der Waals surface area (Å²) in [6, 6.07) is 7.38. The molecular formula is C11H10BrClO. The molecule has 1 nitrogen and oxygen atoms in total. The fourth-order valence-electron chi connectivity index (χ4n) is 1.04. The highest BCUT2D eigenvalue weighted by Crippen LogP contribution is 2.07. The number of alkyl halides is 2. The van der Waals surface area contributed by atoms with Crippen LogP contribution in [0.2, 0.25) is 0 Å². The first-order chi connectivity index (χ1) is 6.77. The van der Waals surface area contributed by atoms with Crippen molar-refractivity contribution in [2.75, 3.05) is 11.2 Å². The van der Waals surface area contributed by atoms with Gasteiger partial charge >= 0.3 is 0 Å². The monoisotopic (exact) mass is 272 g/mol. The molecule has 0 unspecified atom stereocenters. The third-order valence-corrected chi connectivity index (χ3v) is 2.37. The second-order valence-electron chi connectivity index (χ2n) is 2.74. The lowest BCUT2D eigenvalue weighted by atomic mass is 10.1. The number of allylic oxidation sites excluding steroid dienone is 1. The lowest BCUT2D eigenvalue weighted by Gasteiger charge is -1.97. The highest BCUT2D eigenvalue weighted by atomic mass is 79.9. The molecule has 0 saturated carbocycles. The molecule has 0 radical (unpaired) electrons. The third-order valence-electron chi connectivity index (χ3n) is 1.75. The molecule has 0 bridgehead atoms. The Bertz CT molecular complexity index is 330. The first-order valence-electron chi connectivity index (χ1n) is 4.19. The van der Waals surface area contributed by atoms with Crippen LogP contribution in [0.15, 0.2) is 30.3 Å². The number of hydrogen-bond acceptors (Lipinski definition) is 1. The molecule has 3 heteroatoms. The Balaban J connectivity index is 2.78. The zero-order valence-electron chi connectivity index (χ0n) is 7.54. The van der Waals surface area contributed by atoms with E-state index in [2.05, 4.69) is 15.9 Å². The van der Waals surface area contributed by atoms with E-state index >= 15 is 0 Å². The van der Waals surface area contributed by atoms with Crippen molar-refractivity contribution in [2.24, 2.45) is 0 Å². The number of carbonyl (C=O) groups excluding carboxylic acids is 1. The van der Waals surface area contributed by atoms with E-state index in [1.54, 1.807) is 12.1 Å². The summed E-state index contributed by atoms with van der Waals surface area (Å²) in [7, 11) is 0. The van der Waals surface area contributed by atoms with Crippen molar-refractivity contribution in [3.05, 3.63) is 41.5 Å². The Kier molecular flexibility index (Phi) is 4.91. The minimum atomic E-state index is -0.0392. The van der Waals surface area contributed by atoms with Crippen molar-refractivity contribution < 1.29 is 4.79 Å². The Morgan fingerprint density at radius 1 is 1.36 bits per heavy atom. The van der Waals surface area contributed by atoms with Crippen LogP contribution in [0.25, 0.3) is 6.08 Å². The first-order valence-corrected chi connectivity index (χ1v) is 5.85. The van der Waals surface area contributed by atoms with Gasteiger partial charge in [-0.2, -0.15) is 0 Å². The SMILES string of the molecule is O=C(CCl)c1ccc(C=CCBr)cc1. The largest absolute Gasteiger partial charge is 0.293 e. The second kappa shape index (κ2) is 5.99. The highest BCUT2D eigenvalue weighted by molar-refractivity contribution is 9.09. The molecule has 1 aromatic carbocycles. The minimum absolute atomic E-state index is 0.0383. The van der Waals surface area contributed by atoms with Crippen LogP contribution in [-0.4, -0.2) is 17.0 Å². The number of ketones is 1. The number of hydrogen-bond donors (Lipinski definition) is 0. The van der Waals surface area contributed by atoms with Gasteiger partial charge in [0.1, 0.15) is 0 Å².